The molecule has 5 heterocycles. The van der Waals surface area contributed by atoms with Gasteiger partial charge in [0.15, 0.2) is 23.1 Å². The third-order valence-electron chi connectivity index (χ3n) is 14.3. The Labute approximate surface area is 411 Å². The molecule has 0 aliphatic carbocycles. The van der Waals surface area contributed by atoms with Gasteiger partial charge in [-0.05, 0) is 78.7 Å². The molecule has 0 aliphatic rings. The van der Waals surface area contributed by atoms with E-state index in [0.29, 0.717) is 17.5 Å². The van der Waals surface area contributed by atoms with E-state index >= 15 is 0 Å². The lowest BCUT2D eigenvalue weighted by Gasteiger charge is -2.16. The number of aromatic nitrogens is 5. The third kappa shape index (κ3) is 5.97. The monoisotopic (exact) mass is 925 g/mol. The molecule has 6 nitrogen and oxygen atoms in total. The number of rotatable bonds is 6. The maximum Gasteiger partial charge on any atom is 0.165 e. The summed E-state index contributed by atoms with van der Waals surface area (Å²) in [5, 5.41) is 9.18. The maximum absolute atomic E-state index is 7.19. The molecule has 0 saturated heterocycles. The minimum absolute atomic E-state index is 0.592. The number of fused-ring (bicyclic) bond motifs is 13. The van der Waals surface area contributed by atoms with Crippen LogP contribution in [0.15, 0.2) is 223 Å². The zero-order valence-electron chi connectivity index (χ0n) is 38.3. The Morgan fingerprint density at radius 3 is 1.72 bits per heavy atom. The maximum atomic E-state index is 7.19. The van der Waals surface area contributed by atoms with Crippen LogP contribution in [0.2, 0.25) is 0 Å². The molecule has 0 radical (unpaired) electrons. The molecule has 7 heteroatoms. The van der Waals surface area contributed by atoms with Crippen LogP contribution in [0.3, 0.4) is 0 Å². The van der Waals surface area contributed by atoms with E-state index < -0.39 is 0 Å². The van der Waals surface area contributed by atoms with Gasteiger partial charge in [0.2, 0.25) is 0 Å². The van der Waals surface area contributed by atoms with Crippen LogP contribution in [0.25, 0.3) is 142 Å². The molecular formula is C64H39N5OS. The molecule has 15 rings (SSSR count). The summed E-state index contributed by atoms with van der Waals surface area (Å²) in [5.74, 6) is 1.81. The first-order valence-corrected chi connectivity index (χ1v) is 24.8. The molecule has 0 fully saturated rings. The third-order valence-corrected chi connectivity index (χ3v) is 15.4. The Hall–Kier alpha value is -9.17. The largest absolute Gasteiger partial charge is 0.454 e. The second-order valence-electron chi connectivity index (χ2n) is 18.3. The number of nitrogens with zero attached hydrogens (tertiary/aromatic N) is 5. The Kier molecular flexibility index (Phi) is 8.64. The van der Waals surface area contributed by atoms with Crippen molar-refractivity contribution in [2.45, 2.75) is 6.92 Å². The van der Waals surface area contributed by atoms with Crippen molar-refractivity contribution in [3.63, 3.8) is 0 Å². The van der Waals surface area contributed by atoms with Gasteiger partial charge in [-0.25, -0.2) is 15.0 Å². The smallest absolute Gasteiger partial charge is 0.165 e. The predicted molar refractivity (Wildman–Crippen MR) is 295 cm³/mol. The van der Waals surface area contributed by atoms with Crippen LogP contribution in [0.1, 0.15) is 5.56 Å². The van der Waals surface area contributed by atoms with E-state index in [0.717, 1.165) is 88.4 Å². The number of aryl methyl sites for hydroxylation is 1. The van der Waals surface area contributed by atoms with Crippen molar-refractivity contribution in [3.05, 3.63) is 224 Å². The lowest BCUT2D eigenvalue weighted by Crippen LogP contribution is -2.03. The molecule has 10 aromatic carbocycles. The summed E-state index contributed by atoms with van der Waals surface area (Å²) in [6.45, 7) is 2.18. The summed E-state index contributed by atoms with van der Waals surface area (Å²) < 4.78 is 14.7. The van der Waals surface area contributed by atoms with Crippen LogP contribution in [0.4, 0.5) is 0 Å². The molecule has 332 valence electrons. The van der Waals surface area contributed by atoms with Crippen LogP contribution >= 0.6 is 11.3 Å². The highest BCUT2D eigenvalue weighted by Crippen LogP contribution is 2.50. The Balaban J connectivity index is 1.09. The second-order valence-corrected chi connectivity index (χ2v) is 19.4. The van der Waals surface area contributed by atoms with E-state index in [1.165, 1.54) is 42.1 Å². The topological polar surface area (TPSA) is 61.7 Å². The quantitative estimate of drug-likeness (QED) is 0.167. The fourth-order valence-corrected chi connectivity index (χ4v) is 12.3. The summed E-state index contributed by atoms with van der Waals surface area (Å²) in [6.07, 6.45) is 0. The normalized spacial score (nSPS) is 12.0. The fourth-order valence-electron chi connectivity index (χ4n) is 11.2. The number of hydrogen-bond donors (Lipinski definition) is 0. The van der Waals surface area contributed by atoms with E-state index in [1.54, 1.807) is 0 Å². The van der Waals surface area contributed by atoms with Crippen molar-refractivity contribution in [3.8, 4) is 56.7 Å². The Morgan fingerprint density at radius 2 is 0.986 bits per heavy atom. The highest BCUT2D eigenvalue weighted by Gasteiger charge is 2.28. The van der Waals surface area contributed by atoms with Gasteiger partial charge in [0, 0.05) is 80.4 Å². The standard InChI is InChI=1S/C64H39N5OS/c1-38-35-52(61-57(46-28-13-17-31-53(46)70-61)56(38)64-66-62(39-19-5-2-6-20-39)65-63(67-64)40-21-7-3-8-22-40)69-50-29-15-11-25-43(50)49-37-47(41-33-34-55-48(36-41)44-26-14-18-32-54(44)71-55)59-58(60(49)69)45-27-12-16-30-51(45)68(59)42-23-9-4-10-24-42/h2-37H,1H3. The summed E-state index contributed by atoms with van der Waals surface area (Å²) in [5.41, 5.74) is 14.2. The zero-order valence-corrected chi connectivity index (χ0v) is 39.2. The van der Waals surface area contributed by atoms with Crippen LogP contribution in [-0.2, 0) is 0 Å². The molecule has 0 aliphatic heterocycles. The van der Waals surface area contributed by atoms with Gasteiger partial charge in [0.1, 0.15) is 5.58 Å². The van der Waals surface area contributed by atoms with Gasteiger partial charge in [-0.2, -0.15) is 0 Å². The molecule has 0 bridgehead atoms. The SMILES string of the molecule is Cc1cc(-n2c3ccccc3c3cc(-c4ccc5sc6ccccc6c5c4)c4c(c5ccccc5n4-c4ccccc4)c32)c2oc3ccccc3c2c1-c1nc(-c2ccccc2)nc(-c2ccccc2)n1. The summed E-state index contributed by atoms with van der Waals surface area (Å²) in [6, 6.07) is 77.7. The lowest BCUT2D eigenvalue weighted by molar-refractivity contribution is 0.666. The number of benzene rings is 10. The first kappa shape index (κ1) is 39.8. The van der Waals surface area contributed by atoms with Crippen molar-refractivity contribution in [2.24, 2.45) is 0 Å². The van der Waals surface area contributed by atoms with Crippen molar-refractivity contribution in [1.82, 2.24) is 24.1 Å². The van der Waals surface area contributed by atoms with E-state index in [-0.39, 0.29) is 0 Å². The van der Waals surface area contributed by atoms with Crippen LogP contribution in [0.5, 0.6) is 0 Å². The Bertz CT molecular complexity index is 4580. The average molecular weight is 926 g/mol. The number of para-hydroxylation sites is 4. The molecule has 5 aromatic heterocycles. The molecule has 15 aromatic rings. The van der Waals surface area contributed by atoms with E-state index in [4.69, 9.17) is 19.4 Å². The molecular weight excluding hydrogens is 887 g/mol. The molecule has 0 amide bonds. The zero-order chi connectivity index (χ0) is 46.7. The first-order valence-electron chi connectivity index (χ1n) is 23.9. The van der Waals surface area contributed by atoms with E-state index in [2.05, 4.69) is 192 Å². The van der Waals surface area contributed by atoms with Gasteiger partial charge >= 0.3 is 0 Å². The number of hydrogen-bond acceptors (Lipinski definition) is 5. The summed E-state index contributed by atoms with van der Waals surface area (Å²) in [7, 11) is 0. The minimum atomic E-state index is 0.592. The fraction of sp³-hybridized carbons (Fsp3) is 0.0156. The first-order chi connectivity index (χ1) is 35.1. The van der Waals surface area contributed by atoms with Crippen molar-refractivity contribution >= 4 is 97.1 Å². The predicted octanol–water partition coefficient (Wildman–Crippen LogP) is 17.3. The van der Waals surface area contributed by atoms with Gasteiger partial charge in [-0.15, -0.1) is 11.3 Å². The van der Waals surface area contributed by atoms with E-state index in [1.807, 2.05) is 53.8 Å². The molecule has 0 N–H and O–H groups in total. The van der Waals surface area contributed by atoms with Crippen molar-refractivity contribution < 1.29 is 4.42 Å². The van der Waals surface area contributed by atoms with Gasteiger partial charge in [0.05, 0.1) is 27.8 Å². The Morgan fingerprint density at radius 1 is 0.408 bits per heavy atom. The van der Waals surface area contributed by atoms with Crippen molar-refractivity contribution in [1.29, 1.82) is 0 Å². The van der Waals surface area contributed by atoms with Gasteiger partial charge in [-0.1, -0.05) is 158 Å². The molecule has 0 unspecified atom stereocenters. The van der Waals surface area contributed by atoms with Gasteiger partial charge in [-0.3, -0.25) is 0 Å². The highest BCUT2D eigenvalue weighted by molar-refractivity contribution is 7.25. The minimum Gasteiger partial charge on any atom is -0.454 e. The highest BCUT2D eigenvalue weighted by atomic mass is 32.1. The van der Waals surface area contributed by atoms with Gasteiger partial charge < -0.3 is 13.6 Å². The van der Waals surface area contributed by atoms with Gasteiger partial charge in [0.25, 0.3) is 0 Å². The number of furan rings is 1. The van der Waals surface area contributed by atoms with Crippen LogP contribution in [0, 0.1) is 6.92 Å². The lowest BCUT2D eigenvalue weighted by atomic mass is 9.96. The molecule has 71 heavy (non-hydrogen) atoms. The number of thiophene rings is 1. The van der Waals surface area contributed by atoms with Crippen LogP contribution in [-0.4, -0.2) is 24.1 Å². The second kappa shape index (κ2) is 15.4. The molecule has 0 saturated carbocycles. The summed E-state index contributed by atoms with van der Waals surface area (Å²) >= 11 is 1.85. The van der Waals surface area contributed by atoms with Crippen molar-refractivity contribution in [2.75, 3.05) is 0 Å². The summed E-state index contributed by atoms with van der Waals surface area (Å²) in [4.78, 5) is 15.7. The molecule has 0 atom stereocenters. The van der Waals surface area contributed by atoms with Crippen LogP contribution < -0.4 is 0 Å². The molecule has 0 spiro atoms. The average Bonchev–Trinajstić information content (AvgIpc) is 4.19. The van der Waals surface area contributed by atoms with E-state index in [9.17, 15) is 0 Å².